The van der Waals surface area contributed by atoms with Gasteiger partial charge in [-0.25, -0.2) is 0 Å². The second-order valence-corrected chi connectivity index (χ2v) is 0. The molecule has 0 rings (SSSR count). The molecule has 0 unspecified atom stereocenters. The predicted molar refractivity (Wildman–Crippen MR) is 5.75 cm³/mol. The number of hydrogen-bond donors (Lipinski definition) is 0. The molecule has 0 aliphatic rings. The zero-order valence-electron chi connectivity index (χ0n) is 2.84. The number of rotatable bonds is 0. The van der Waals surface area contributed by atoms with Gasteiger partial charge in [-0.1, -0.05) is 0 Å². The third-order valence-corrected chi connectivity index (χ3v) is 0. The van der Waals surface area contributed by atoms with Crippen LogP contribution in [0.1, 0.15) is 0 Å². The van der Waals surface area contributed by atoms with Gasteiger partial charge in [0.05, 0.1) is 0 Å². The Balaban J connectivity index is 0. The first-order valence-corrected chi connectivity index (χ1v) is 0. The van der Waals surface area contributed by atoms with E-state index in [1.54, 1.807) is 0 Å². The molecule has 0 bridgehead atoms. The molecule has 0 saturated carbocycles. The molecular formula is F3KMg. The molecule has 5 heavy (non-hydrogen) atoms. The molecule has 0 spiro atoms. The van der Waals surface area contributed by atoms with Crippen LogP contribution in [0.15, 0.2) is 0 Å². The van der Waals surface area contributed by atoms with Crippen LogP contribution in [-0.2, 0) is 0 Å². The summed E-state index contributed by atoms with van der Waals surface area (Å²) in [6.07, 6.45) is 0. The van der Waals surface area contributed by atoms with Gasteiger partial charge in [0.25, 0.3) is 0 Å². The standard InChI is InChI=1S/3FH.K.Mg/h3*1H;;/q;;;+1;+2/p-3. The molecule has 0 aliphatic carbocycles. The fourth-order valence-electron chi connectivity index (χ4n) is 0. The van der Waals surface area contributed by atoms with Gasteiger partial charge in [-0.2, -0.15) is 0 Å². The minimum absolute atomic E-state index is 0. The SMILES string of the molecule is [F-].[F-].[F-].[K+].[Mg+2]. The molecule has 5 heteroatoms. The first-order valence-electron chi connectivity index (χ1n) is 0. The van der Waals surface area contributed by atoms with Crippen molar-refractivity contribution >= 4 is 23.1 Å². The van der Waals surface area contributed by atoms with Gasteiger partial charge in [-0.05, 0) is 0 Å². The maximum atomic E-state index is 0. The molecule has 0 fully saturated rings. The molecule has 0 aromatic carbocycles. The Labute approximate surface area is 86.7 Å². The fraction of sp³-hybridized carbons (Fsp3) is 0. The van der Waals surface area contributed by atoms with E-state index < -0.39 is 0 Å². The summed E-state index contributed by atoms with van der Waals surface area (Å²) in [5.41, 5.74) is 0. The second-order valence-electron chi connectivity index (χ2n) is 0. The van der Waals surface area contributed by atoms with E-state index in [9.17, 15) is 0 Å². The predicted octanol–water partition coefficient (Wildman–Crippen LogP) is -12.4. The van der Waals surface area contributed by atoms with Gasteiger partial charge in [-0.3, -0.25) is 0 Å². The van der Waals surface area contributed by atoms with Crippen LogP contribution in [0.25, 0.3) is 0 Å². The topological polar surface area (TPSA) is 0 Å². The van der Waals surface area contributed by atoms with Crippen molar-refractivity contribution in [3.8, 4) is 0 Å². The van der Waals surface area contributed by atoms with Crippen LogP contribution in [0.4, 0.5) is 0 Å². The maximum absolute atomic E-state index is 0. The molecule has 0 atom stereocenters. The van der Waals surface area contributed by atoms with E-state index in [0.717, 1.165) is 0 Å². The van der Waals surface area contributed by atoms with Gasteiger partial charge < -0.3 is 14.1 Å². The van der Waals surface area contributed by atoms with E-state index in [2.05, 4.69) is 0 Å². The van der Waals surface area contributed by atoms with Crippen LogP contribution < -0.4 is 65.5 Å². The largest absolute Gasteiger partial charge is 2.00 e. The van der Waals surface area contributed by atoms with Crippen LogP contribution in [0.3, 0.4) is 0 Å². The minimum Gasteiger partial charge on any atom is -1.00 e. The zero-order chi connectivity index (χ0) is 0. The van der Waals surface area contributed by atoms with Crippen molar-refractivity contribution in [3.63, 3.8) is 0 Å². The quantitative estimate of drug-likeness (QED) is 0.279. The van der Waals surface area contributed by atoms with E-state index in [4.69, 9.17) is 0 Å². The summed E-state index contributed by atoms with van der Waals surface area (Å²) >= 11 is 0. The molecule has 0 aromatic heterocycles. The van der Waals surface area contributed by atoms with Gasteiger partial charge in [0.1, 0.15) is 0 Å². The molecule has 0 heterocycles. The molecule has 24 valence electrons. The summed E-state index contributed by atoms with van der Waals surface area (Å²) in [6, 6.07) is 0. The number of hydrogen-bond acceptors (Lipinski definition) is 0. The molecule has 0 saturated heterocycles. The van der Waals surface area contributed by atoms with E-state index in [0.29, 0.717) is 0 Å². The van der Waals surface area contributed by atoms with Crippen molar-refractivity contribution in [3.05, 3.63) is 0 Å². The Kier molecular flexibility index (Phi) is 399. The third kappa shape index (κ3) is 22.6. The second kappa shape index (κ2) is 34.7. The molecule has 0 N–H and O–H groups in total. The van der Waals surface area contributed by atoms with Crippen molar-refractivity contribution < 1.29 is 65.5 Å². The fourth-order valence-corrected chi connectivity index (χ4v) is 0. The molecule has 0 radical (unpaired) electrons. The Morgan fingerprint density at radius 2 is 0.600 bits per heavy atom. The van der Waals surface area contributed by atoms with E-state index >= 15 is 0 Å². The molecular weight excluding hydrogens is 120 g/mol. The van der Waals surface area contributed by atoms with Crippen molar-refractivity contribution in [2.45, 2.75) is 0 Å². The molecule has 0 amide bonds. The molecule has 0 aliphatic heterocycles. The maximum Gasteiger partial charge on any atom is 2.00 e. The third-order valence-electron chi connectivity index (χ3n) is 0. The normalized spacial score (nSPS) is 0. The van der Waals surface area contributed by atoms with Crippen molar-refractivity contribution in [2.75, 3.05) is 0 Å². The summed E-state index contributed by atoms with van der Waals surface area (Å²) in [5.74, 6) is 0. The van der Waals surface area contributed by atoms with Gasteiger partial charge in [0, 0.05) is 0 Å². The van der Waals surface area contributed by atoms with Gasteiger partial charge in [0.2, 0.25) is 0 Å². The monoisotopic (exact) mass is 120 g/mol. The smallest absolute Gasteiger partial charge is 1.00 e. The van der Waals surface area contributed by atoms with E-state index in [1.165, 1.54) is 0 Å². The first-order chi connectivity index (χ1) is 0. The van der Waals surface area contributed by atoms with Crippen LogP contribution in [0.2, 0.25) is 0 Å². The molecule has 0 aromatic rings. The van der Waals surface area contributed by atoms with Crippen LogP contribution in [0, 0.1) is 0 Å². The van der Waals surface area contributed by atoms with Gasteiger partial charge >= 0.3 is 74.4 Å². The van der Waals surface area contributed by atoms with E-state index in [1.807, 2.05) is 0 Å². The average molecular weight is 120 g/mol. The number of halogens is 3. The summed E-state index contributed by atoms with van der Waals surface area (Å²) in [4.78, 5) is 0. The Morgan fingerprint density at radius 3 is 0.600 bits per heavy atom. The Morgan fingerprint density at radius 1 is 0.600 bits per heavy atom. The van der Waals surface area contributed by atoms with E-state index in [-0.39, 0.29) is 88.6 Å². The van der Waals surface area contributed by atoms with Crippen molar-refractivity contribution in [1.29, 1.82) is 0 Å². The Hall–Kier alpha value is 2.19. The first kappa shape index (κ1) is 57.4. The Bertz CT molecular complexity index is 6.85. The minimum atomic E-state index is 0. The van der Waals surface area contributed by atoms with Crippen LogP contribution in [-0.4, -0.2) is 23.1 Å². The van der Waals surface area contributed by atoms with Crippen LogP contribution in [0.5, 0.6) is 0 Å². The zero-order valence-corrected chi connectivity index (χ0v) is 7.38. The van der Waals surface area contributed by atoms with Crippen LogP contribution >= 0.6 is 0 Å². The molecule has 0 nitrogen and oxygen atoms in total. The average Bonchev–Trinajstić information content (AvgIpc) is 0. The summed E-state index contributed by atoms with van der Waals surface area (Å²) in [7, 11) is 0. The van der Waals surface area contributed by atoms with Crippen molar-refractivity contribution in [1.82, 2.24) is 0 Å². The van der Waals surface area contributed by atoms with Gasteiger partial charge in [-0.15, -0.1) is 0 Å². The summed E-state index contributed by atoms with van der Waals surface area (Å²) < 4.78 is 0. The summed E-state index contributed by atoms with van der Waals surface area (Å²) in [6.45, 7) is 0. The summed E-state index contributed by atoms with van der Waals surface area (Å²) in [5, 5.41) is 0. The van der Waals surface area contributed by atoms with Gasteiger partial charge in [0.15, 0.2) is 0 Å². The van der Waals surface area contributed by atoms with Crippen molar-refractivity contribution in [2.24, 2.45) is 0 Å².